The number of hydrogen-bond acceptors (Lipinski definition) is 6. The van der Waals surface area contributed by atoms with Crippen molar-refractivity contribution in [1.29, 1.82) is 0 Å². The van der Waals surface area contributed by atoms with Gasteiger partial charge in [0.05, 0.1) is 11.9 Å². The molecule has 11 heteroatoms. The molecule has 2 aromatic carbocycles. The van der Waals surface area contributed by atoms with E-state index in [4.69, 9.17) is 31.6 Å². The standard InChI is InChI=1S/C20H20Cl2O6S2.K.H/c1-2-27-30(25,26)20(12-18(20)14-6-4-8-16(22)10-14)28-29(23,24)19-11-17(19)13-5-3-7-15(21)9-13;;/h3-10,17-19H,2,11-12H2,1H3;;/q;+1;-1. The average molecular weight is 532 g/mol. The number of benzene rings is 2. The second kappa shape index (κ2) is 9.62. The third-order valence-corrected chi connectivity index (χ3v) is 9.74. The predicted molar refractivity (Wildman–Crippen MR) is 116 cm³/mol. The topological polar surface area (TPSA) is 86.7 Å². The molecule has 2 aliphatic rings. The minimum Gasteiger partial charge on any atom is -1.00 e. The fraction of sp³-hybridized carbons (Fsp3) is 0.400. The van der Waals surface area contributed by atoms with Crippen molar-refractivity contribution in [3.8, 4) is 0 Å². The van der Waals surface area contributed by atoms with E-state index in [2.05, 4.69) is 0 Å². The first kappa shape index (κ1) is 26.1. The predicted octanol–water partition coefficient (Wildman–Crippen LogP) is 1.56. The zero-order chi connectivity index (χ0) is 21.7. The maximum atomic E-state index is 13.0. The van der Waals surface area contributed by atoms with E-state index in [1.807, 2.05) is 0 Å². The molecule has 0 N–H and O–H groups in total. The molecule has 0 aromatic heterocycles. The molecule has 4 atom stereocenters. The molecule has 0 aliphatic heterocycles. The Morgan fingerprint density at radius 1 is 1.03 bits per heavy atom. The summed E-state index contributed by atoms with van der Waals surface area (Å²) in [5, 5.41) is 0.105. The maximum Gasteiger partial charge on any atom is 1.00 e. The molecule has 4 unspecified atom stereocenters. The van der Waals surface area contributed by atoms with Gasteiger partial charge in [0, 0.05) is 28.3 Å². The molecule has 0 heterocycles. The van der Waals surface area contributed by atoms with E-state index >= 15 is 0 Å². The summed E-state index contributed by atoms with van der Waals surface area (Å²) in [7, 11) is -8.48. The Morgan fingerprint density at radius 3 is 2.19 bits per heavy atom. The van der Waals surface area contributed by atoms with E-state index in [0.29, 0.717) is 22.0 Å². The maximum absolute atomic E-state index is 13.0. The molecule has 0 bridgehead atoms. The molecule has 2 aromatic rings. The molecule has 2 aliphatic carbocycles. The zero-order valence-corrected chi connectivity index (χ0v) is 23.3. The van der Waals surface area contributed by atoms with E-state index < -0.39 is 36.3 Å². The van der Waals surface area contributed by atoms with E-state index in [0.717, 1.165) is 5.56 Å². The summed E-state index contributed by atoms with van der Waals surface area (Å²) in [6.45, 7) is 1.40. The van der Waals surface area contributed by atoms with Crippen LogP contribution in [0.4, 0.5) is 0 Å². The van der Waals surface area contributed by atoms with Crippen LogP contribution in [-0.4, -0.2) is 33.6 Å². The first-order valence-electron chi connectivity index (χ1n) is 9.44. The molecule has 0 saturated heterocycles. The summed E-state index contributed by atoms with van der Waals surface area (Å²) in [4.78, 5) is -1.98. The molecule has 31 heavy (non-hydrogen) atoms. The van der Waals surface area contributed by atoms with Gasteiger partial charge in [0.2, 0.25) is 4.93 Å². The van der Waals surface area contributed by atoms with Gasteiger partial charge in [0.25, 0.3) is 20.2 Å². The molecule has 0 amide bonds. The van der Waals surface area contributed by atoms with Crippen molar-refractivity contribution in [1.82, 2.24) is 0 Å². The second-order valence-electron chi connectivity index (χ2n) is 7.50. The van der Waals surface area contributed by atoms with Gasteiger partial charge in [0.15, 0.2) is 0 Å². The van der Waals surface area contributed by atoms with Crippen LogP contribution in [0.15, 0.2) is 48.5 Å². The van der Waals surface area contributed by atoms with E-state index in [1.54, 1.807) is 48.5 Å². The van der Waals surface area contributed by atoms with Gasteiger partial charge >= 0.3 is 51.4 Å². The van der Waals surface area contributed by atoms with Gasteiger partial charge in [-0.3, -0.25) is 4.18 Å². The molecule has 164 valence electrons. The molecule has 0 spiro atoms. The molecule has 0 radical (unpaired) electrons. The quantitative estimate of drug-likeness (QED) is 0.380. The first-order chi connectivity index (χ1) is 14.1. The van der Waals surface area contributed by atoms with Crippen LogP contribution in [0.1, 0.15) is 44.2 Å². The van der Waals surface area contributed by atoms with Crippen molar-refractivity contribution in [3.05, 3.63) is 69.7 Å². The van der Waals surface area contributed by atoms with Gasteiger partial charge in [-0.25, -0.2) is 4.18 Å². The molecule has 4 rings (SSSR count). The van der Waals surface area contributed by atoms with Gasteiger partial charge < -0.3 is 1.43 Å². The van der Waals surface area contributed by atoms with Crippen LogP contribution in [-0.2, 0) is 28.6 Å². The first-order valence-corrected chi connectivity index (χ1v) is 13.1. The number of hydrogen-bond donors (Lipinski definition) is 0. The van der Waals surface area contributed by atoms with E-state index in [1.165, 1.54) is 6.92 Å². The van der Waals surface area contributed by atoms with Crippen molar-refractivity contribution < 1.29 is 78.0 Å². The normalized spacial score (nSPS) is 27.4. The van der Waals surface area contributed by atoms with Crippen molar-refractivity contribution in [2.75, 3.05) is 6.61 Å². The largest absolute Gasteiger partial charge is 1.00 e. The summed E-state index contributed by atoms with van der Waals surface area (Å²) in [6.07, 6.45) is 0.318. The molecule has 6 nitrogen and oxygen atoms in total. The van der Waals surface area contributed by atoms with Gasteiger partial charge in [-0.05, 0) is 48.7 Å². The fourth-order valence-electron chi connectivity index (χ4n) is 3.82. The van der Waals surface area contributed by atoms with Gasteiger partial charge in [-0.1, -0.05) is 47.5 Å². The van der Waals surface area contributed by atoms with Crippen LogP contribution in [0.2, 0.25) is 10.0 Å². The summed E-state index contributed by atoms with van der Waals surface area (Å²) in [5.41, 5.74) is 1.37. The van der Waals surface area contributed by atoms with Crippen LogP contribution >= 0.6 is 23.2 Å². The fourth-order valence-corrected chi connectivity index (χ4v) is 7.91. The molecular formula is C20H21Cl2KO6S2. The summed E-state index contributed by atoms with van der Waals surface area (Å²) in [5.74, 6) is -0.977. The average Bonchev–Trinajstić information content (AvgIpc) is 3.56. The van der Waals surface area contributed by atoms with Crippen LogP contribution in [0.25, 0.3) is 0 Å². The van der Waals surface area contributed by atoms with E-state index in [-0.39, 0.29) is 71.8 Å². The van der Waals surface area contributed by atoms with Crippen LogP contribution in [0.5, 0.6) is 0 Å². The second-order valence-corrected chi connectivity index (χ2v) is 12.0. The number of halogens is 2. The van der Waals surface area contributed by atoms with Gasteiger partial charge in [-0.2, -0.15) is 16.8 Å². The SMILES string of the molecule is CCOS(=O)(=O)C1(OS(=O)(=O)C2CC2c2cccc(Cl)c2)CC1c1cccc(Cl)c1.[H-].[K+]. The van der Waals surface area contributed by atoms with Crippen molar-refractivity contribution >= 4 is 43.4 Å². The number of rotatable bonds is 8. The van der Waals surface area contributed by atoms with Crippen molar-refractivity contribution in [3.63, 3.8) is 0 Å². The summed E-state index contributed by atoms with van der Waals surface area (Å²) < 4.78 is 62.1. The Balaban J connectivity index is 0.00000181. The minimum absolute atomic E-state index is 0. The van der Waals surface area contributed by atoms with Crippen LogP contribution in [0.3, 0.4) is 0 Å². The third-order valence-electron chi connectivity index (χ3n) is 5.44. The smallest absolute Gasteiger partial charge is 1.00 e. The van der Waals surface area contributed by atoms with Gasteiger partial charge in [0.1, 0.15) is 0 Å². The Morgan fingerprint density at radius 2 is 1.61 bits per heavy atom. The van der Waals surface area contributed by atoms with Crippen molar-refractivity contribution in [2.24, 2.45) is 0 Å². The Bertz CT molecular complexity index is 1190. The molecule has 2 fully saturated rings. The summed E-state index contributed by atoms with van der Waals surface area (Å²) in [6, 6.07) is 13.6. The molecular weight excluding hydrogens is 510 g/mol. The van der Waals surface area contributed by atoms with Crippen LogP contribution < -0.4 is 51.4 Å². The summed E-state index contributed by atoms with van der Waals surface area (Å²) >= 11 is 12.0. The third kappa shape index (κ3) is 5.27. The Labute approximate surface area is 236 Å². The van der Waals surface area contributed by atoms with Gasteiger partial charge in [-0.15, -0.1) is 0 Å². The van der Waals surface area contributed by atoms with Crippen LogP contribution in [0, 0.1) is 0 Å². The minimum atomic E-state index is -4.30. The Kier molecular flexibility index (Phi) is 8.09. The molecule has 2 saturated carbocycles. The Hall–Kier alpha value is 0.476. The monoisotopic (exact) mass is 530 g/mol. The van der Waals surface area contributed by atoms with E-state index in [9.17, 15) is 16.8 Å². The van der Waals surface area contributed by atoms with Crippen molar-refractivity contribution in [2.45, 2.75) is 41.8 Å². The zero-order valence-electron chi connectivity index (χ0n) is 18.0.